The molecule has 118 valence electrons. The second-order valence-corrected chi connectivity index (χ2v) is 7.17. The fraction of sp³-hybridized carbons (Fsp3) is 0.667. The maximum absolute atomic E-state index is 13.9. The summed E-state index contributed by atoms with van der Waals surface area (Å²) in [5.74, 6) is 0.153. The van der Waals surface area contributed by atoms with Gasteiger partial charge in [0.15, 0.2) is 0 Å². The molecule has 0 bridgehead atoms. The normalized spacial score (nSPS) is 25.0. The van der Waals surface area contributed by atoms with E-state index in [9.17, 15) is 8.78 Å². The number of nitrogens with one attached hydrogen (secondary N) is 1. The zero-order valence-electron chi connectivity index (χ0n) is 13.4. The molecule has 2 rings (SSSR count). The van der Waals surface area contributed by atoms with Crippen molar-refractivity contribution in [3.05, 3.63) is 35.4 Å². The Morgan fingerprint density at radius 1 is 1.24 bits per heavy atom. The van der Waals surface area contributed by atoms with Crippen LogP contribution < -0.4 is 5.32 Å². The first-order chi connectivity index (χ1) is 9.91. The number of benzene rings is 1. The molecule has 1 fully saturated rings. The Morgan fingerprint density at radius 2 is 2.00 bits per heavy atom. The smallest absolute Gasteiger partial charge is 0.129 e. The number of rotatable bonds is 5. The van der Waals surface area contributed by atoms with Crippen LogP contribution in [0.15, 0.2) is 18.2 Å². The fourth-order valence-corrected chi connectivity index (χ4v) is 3.60. The monoisotopic (exact) mass is 295 g/mol. The number of hydrogen-bond donors (Lipinski definition) is 1. The van der Waals surface area contributed by atoms with Crippen LogP contribution in [0.5, 0.6) is 0 Å². The van der Waals surface area contributed by atoms with E-state index in [1.807, 2.05) is 0 Å². The maximum atomic E-state index is 13.9. The van der Waals surface area contributed by atoms with E-state index in [-0.39, 0.29) is 0 Å². The molecule has 1 aromatic carbocycles. The Morgan fingerprint density at radius 3 is 2.67 bits per heavy atom. The molecule has 2 unspecified atom stereocenters. The number of hydrogen-bond acceptors (Lipinski definition) is 1. The third kappa shape index (κ3) is 4.50. The number of halogens is 2. The second-order valence-electron chi connectivity index (χ2n) is 7.17. The van der Waals surface area contributed by atoms with Crippen molar-refractivity contribution in [1.29, 1.82) is 0 Å². The summed E-state index contributed by atoms with van der Waals surface area (Å²) in [6.45, 7) is 8.67. The van der Waals surface area contributed by atoms with Crippen LogP contribution in [-0.2, 0) is 6.42 Å². The lowest BCUT2D eigenvalue weighted by Gasteiger charge is -2.41. The molecule has 0 amide bonds. The molecule has 1 aromatic rings. The third-order valence-corrected chi connectivity index (χ3v) is 4.83. The van der Waals surface area contributed by atoms with Crippen molar-refractivity contribution < 1.29 is 8.78 Å². The first-order valence-electron chi connectivity index (χ1n) is 8.06. The predicted octanol–water partition coefficient (Wildman–Crippen LogP) is 4.56. The topological polar surface area (TPSA) is 12.0 Å². The molecule has 0 saturated heterocycles. The molecule has 0 spiro atoms. The quantitative estimate of drug-likeness (QED) is 0.839. The summed E-state index contributed by atoms with van der Waals surface area (Å²) in [6, 6.07) is 3.98. The Bertz CT molecular complexity index is 470. The van der Waals surface area contributed by atoms with E-state index >= 15 is 0 Å². The van der Waals surface area contributed by atoms with Gasteiger partial charge >= 0.3 is 0 Å². The van der Waals surface area contributed by atoms with Gasteiger partial charge in [-0.15, -0.1) is 0 Å². The van der Waals surface area contributed by atoms with Gasteiger partial charge in [-0.3, -0.25) is 0 Å². The van der Waals surface area contributed by atoms with Gasteiger partial charge in [-0.2, -0.15) is 0 Å². The molecule has 1 aliphatic rings. The van der Waals surface area contributed by atoms with Gasteiger partial charge in [-0.25, -0.2) is 8.78 Å². The van der Waals surface area contributed by atoms with Crippen LogP contribution in [-0.4, -0.2) is 13.1 Å². The standard InChI is InChI=1S/C18H27F2N/c1-4-21-12-14-7-8-18(2,3)11-15(14)9-13-5-6-16(19)10-17(13)20/h5-6,10,14-15,21H,4,7-9,11-12H2,1-3H3. The second kappa shape index (κ2) is 6.87. The van der Waals surface area contributed by atoms with Crippen molar-refractivity contribution >= 4 is 0 Å². The molecule has 21 heavy (non-hydrogen) atoms. The lowest BCUT2D eigenvalue weighted by atomic mass is 9.65. The summed E-state index contributed by atoms with van der Waals surface area (Å²) in [7, 11) is 0. The first-order valence-corrected chi connectivity index (χ1v) is 8.06. The summed E-state index contributed by atoms with van der Waals surface area (Å²) in [5.41, 5.74) is 0.977. The van der Waals surface area contributed by atoms with Crippen molar-refractivity contribution in [1.82, 2.24) is 5.32 Å². The van der Waals surface area contributed by atoms with E-state index in [0.29, 0.717) is 29.2 Å². The molecule has 1 aliphatic carbocycles. The van der Waals surface area contributed by atoms with Crippen LogP contribution in [0.2, 0.25) is 0 Å². The van der Waals surface area contributed by atoms with E-state index in [0.717, 1.165) is 25.6 Å². The highest BCUT2D eigenvalue weighted by molar-refractivity contribution is 5.19. The fourth-order valence-electron chi connectivity index (χ4n) is 3.60. The average Bonchev–Trinajstić information content (AvgIpc) is 2.40. The zero-order valence-corrected chi connectivity index (χ0v) is 13.4. The highest BCUT2D eigenvalue weighted by Gasteiger charge is 2.34. The lowest BCUT2D eigenvalue weighted by molar-refractivity contribution is 0.115. The molecule has 1 nitrogen and oxygen atoms in total. The van der Waals surface area contributed by atoms with Crippen LogP contribution in [0.3, 0.4) is 0 Å². The zero-order chi connectivity index (χ0) is 15.5. The summed E-state index contributed by atoms with van der Waals surface area (Å²) in [4.78, 5) is 0. The van der Waals surface area contributed by atoms with Gasteiger partial charge in [0.2, 0.25) is 0 Å². The molecular formula is C18H27F2N. The van der Waals surface area contributed by atoms with E-state index in [1.54, 1.807) is 6.07 Å². The van der Waals surface area contributed by atoms with Crippen molar-refractivity contribution in [3.8, 4) is 0 Å². The summed E-state index contributed by atoms with van der Waals surface area (Å²) < 4.78 is 27.0. The van der Waals surface area contributed by atoms with Crippen molar-refractivity contribution in [2.45, 2.75) is 46.5 Å². The van der Waals surface area contributed by atoms with Crippen LogP contribution >= 0.6 is 0 Å². The summed E-state index contributed by atoms with van der Waals surface area (Å²) in [6.07, 6.45) is 4.24. The van der Waals surface area contributed by atoms with Crippen molar-refractivity contribution in [3.63, 3.8) is 0 Å². The molecule has 0 radical (unpaired) electrons. The molecule has 0 heterocycles. The van der Waals surface area contributed by atoms with Crippen LogP contribution in [0.1, 0.15) is 45.6 Å². The molecule has 0 aliphatic heterocycles. The maximum Gasteiger partial charge on any atom is 0.129 e. The van der Waals surface area contributed by atoms with E-state index in [1.165, 1.54) is 18.9 Å². The van der Waals surface area contributed by atoms with Crippen molar-refractivity contribution in [2.24, 2.45) is 17.3 Å². The van der Waals surface area contributed by atoms with Crippen LogP contribution in [0.4, 0.5) is 8.78 Å². The summed E-state index contributed by atoms with van der Waals surface area (Å²) in [5, 5.41) is 3.43. The molecule has 0 aromatic heterocycles. The largest absolute Gasteiger partial charge is 0.317 e. The minimum Gasteiger partial charge on any atom is -0.317 e. The minimum absolute atomic E-state index is 0.323. The van der Waals surface area contributed by atoms with Crippen LogP contribution in [0, 0.1) is 28.9 Å². The Hall–Kier alpha value is -0.960. The average molecular weight is 295 g/mol. The van der Waals surface area contributed by atoms with Gasteiger partial charge in [0.05, 0.1) is 0 Å². The van der Waals surface area contributed by atoms with Crippen molar-refractivity contribution in [2.75, 3.05) is 13.1 Å². The minimum atomic E-state index is -0.496. The van der Waals surface area contributed by atoms with Gasteiger partial charge in [0.1, 0.15) is 11.6 Å². The molecule has 1 saturated carbocycles. The highest BCUT2D eigenvalue weighted by Crippen LogP contribution is 2.43. The first kappa shape index (κ1) is 16.4. The van der Waals surface area contributed by atoms with Gasteiger partial charge in [0.25, 0.3) is 0 Å². The van der Waals surface area contributed by atoms with Gasteiger partial charge in [-0.05, 0) is 67.7 Å². The van der Waals surface area contributed by atoms with Gasteiger partial charge < -0.3 is 5.32 Å². The molecular weight excluding hydrogens is 268 g/mol. The molecule has 2 atom stereocenters. The molecule has 1 N–H and O–H groups in total. The molecule has 3 heteroatoms. The van der Waals surface area contributed by atoms with Crippen LogP contribution in [0.25, 0.3) is 0 Å². The third-order valence-electron chi connectivity index (χ3n) is 4.83. The lowest BCUT2D eigenvalue weighted by Crippen LogP contribution is -2.37. The Kier molecular flexibility index (Phi) is 5.37. The Balaban J connectivity index is 2.11. The Labute approximate surface area is 127 Å². The predicted molar refractivity (Wildman–Crippen MR) is 83.2 cm³/mol. The van der Waals surface area contributed by atoms with Gasteiger partial charge in [-0.1, -0.05) is 26.8 Å². The SMILES string of the molecule is CCNCC1CCC(C)(C)CC1Cc1ccc(F)cc1F. The van der Waals surface area contributed by atoms with Gasteiger partial charge in [0, 0.05) is 6.07 Å². The van der Waals surface area contributed by atoms with E-state index in [4.69, 9.17) is 0 Å². The van der Waals surface area contributed by atoms with E-state index in [2.05, 4.69) is 26.1 Å². The summed E-state index contributed by atoms with van der Waals surface area (Å²) >= 11 is 0. The van der Waals surface area contributed by atoms with E-state index < -0.39 is 11.6 Å². The highest BCUT2D eigenvalue weighted by atomic mass is 19.1.